The van der Waals surface area contributed by atoms with Gasteiger partial charge in [0.25, 0.3) is 5.91 Å². The van der Waals surface area contributed by atoms with E-state index in [-0.39, 0.29) is 5.91 Å². The Hall–Kier alpha value is -3.36. The van der Waals surface area contributed by atoms with Crippen LogP contribution in [0.25, 0.3) is 5.69 Å². The largest absolute Gasteiger partial charge is 0.354 e. The summed E-state index contributed by atoms with van der Waals surface area (Å²) in [7, 11) is 0. The maximum atomic E-state index is 13.4. The molecule has 5 rings (SSSR count). The molecule has 0 unspecified atom stereocenters. The van der Waals surface area contributed by atoms with E-state index >= 15 is 0 Å². The van der Waals surface area contributed by atoms with Crippen LogP contribution in [0.5, 0.6) is 0 Å². The zero-order valence-corrected chi connectivity index (χ0v) is 14.4. The van der Waals surface area contributed by atoms with Gasteiger partial charge in [0.1, 0.15) is 12.0 Å². The van der Waals surface area contributed by atoms with Crippen molar-refractivity contribution >= 4 is 17.5 Å². The number of fused-ring (bicyclic) bond motifs is 1. The third-order valence-electron chi connectivity index (χ3n) is 4.85. The van der Waals surface area contributed by atoms with Crippen LogP contribution in [0.4, 0.5) is 16.0 Å². The third kappa shape index (κ3) is 2.71. The molecule has 2 aliphatic rings. The second-order valence-electron chi connectivity index (χ2n) is 6.60. The summed E-state index contributed by atoms with van der Waals surface area (Å²) in [6.07, 6.45) is 7.82. The molecule has 0 N–H and O–H groups in total. The highest BCUT2D eigenvalue weighted by atomic mass is 19.1. The van der Waals surface area contributed by atoms with Gasteiger partial charge in [-0.3, -0.25) is 14.7 Å². The minimum atomic E-state index is -0.788. The van der Waals surface area contributed by atoms with Crippen LogP contribution < -0.4 is 9.80 Å². The van der Waals surface area contributed by atoms with E-state index in [2.05, 4.69) is 20.1 Å². The molecule has 0 aromatic carbocycles. The van der Waals surface area contributed by atoms with Crippen LogP contribution in [0, 0.1) is 0 Å². The molecule has 1 saturated heterocycles. The average molecular weight is 365 g/mol. The first kappa shape index (κ1) is 15.9. The van der Waals surface area contributed by atoms with E-state index < -0.39 is 6.17 Å². The number of pyridine rings is 1. The van der Waals surface area contributed by atoms with E-state index in [0.717, 1.165) is 11.5 Å². The SMILES string of the molecule is O=C1c2cn(-c3ccc(N4CC[C@H](F)C4)nc3)nc2CN1c1cnccn1. The fourth-order valence-electron chi connectivity index (χ4n) is 3.45. The summed E-state index contributed by atoms with van der Waals surface area (Å²) in [5.41, 5.74) is 1.99. The van der Waals surface area contributed by atoms with Crippen molar-refractivity contribution in [2.75, 3.05) is 22.9 Å². The first-order chi connectivity index (χ1) is 13.2. The molecule has 136 valence electrons. The number of alkyl halides is 1. The van der Waals surface area contributed by atoms with Crippen LogP contribution in [0.2, 0.25) is 0 Å². The normalized spacial score (nSPS) is 19.0. The fourth-order valence-corrected chi connectivity index (χ4v) is 3.45. The molecule has 1 amide bonds. The number of nitrogens with zero attached hydrogens (tertiary/aromatic N) is 7. The van der Waals surface area contributed by atoms with Crippen molar-refractivity contribution in [3.63, 3.8) is 0 Å². The predicted molar refractivity (Wildman–Crippen MR) is 95.6 cm³/mol. The number of anilines is 2. The van der Waals surface area contributed by atoms with Gasteiger partial charge in [-0.1, -0.05) is 0 Å². The Labute approximate surface area is 154 Å². The molecule has 0 aliphatic carbocycles. The van der Waals surface area contributed by atoms with Gasteiger partial charge in [0, 0.05) is 25.1 Å². The Morgan fingerprint density at radius 2 is 2.04 bits per heavy atom. The Balaban J connectivity index is 1.37. The van der Waals surface area contributed by atoms with Crippen LogP contribution in [-0.4, -0.2) is 49.9 Å². The van der Waals surface area contributed by atoms with Gasteiger partial charge in [-0.25, -0.2) is 19.0 Å². The molecule has 8 nitrogen and oxygen atoms in total. The van der Waals surface area contributed by atoms with Gasteiger partial charge in [0.2, 0.25) is 0 Å². The maximum Gasteiger partial charge on any atom is 0.263 e. The number of hydrogen-bond donors (Lipinski definition) is 0. The lowest BCUT2D eigenvalue weighted by atomic mass is 10.3. The summed E-state index contributed by atoms with van der Waals surface area (Å²) in [5, 5.41) is 4.52. The monoisotopic (exact) mass is 365 g/mol. The van der Waals surface area contributed by atoms with E-state index in [4.69, 9.17) is 0 Å². The minimum Gasteiger partial charge on any atom is -0.354 e. The minimum absolute atomic E-state index is 0.146. The fraction of sp³-hybridized carbons (Fsp3) is 0.278. The summed E-state index contributed by atoms with van der Waals surface area (Å²) in [6.45, 7) is 1.42. The van der Waals surface area contributed by atoms with Crippen LogP contribution >= 0.6 is 0 Å². The molecular formula is C18H16FN7O. The van der Waals surface area contributed by atoms with Crippen molar-refractivity contribution in [1.82, 2.24) is 24.7 Å². The Morgan fingerprint density at radius 1 is 1.11 bits per heavy atom. The zero-order valence-electron chi connectivity index (χ0n) is 14.4. The van der Waals surface area contributed by atoms with Crippen molar-refractivity contribution in [3.05, 3.63) is 54.4 Å². The molecule has 27 heavy (non-hydrogen) atoms. The summed E-state index contributed by atoms with van der Waals surface area (Å²) in [5.74, 6) is 1.12. The van der Waals surface area contributed by atoms with Gasteiger partial charge in [-0.2, -0.15) is 5.10 Å². The average Bonchev–Trinajstić information content (AvgIpc) is 3.39. The Kier molecular flexibility index (Phi) is 3.59. The lowest BCUT2D eigenvalue weighted by Gasteiger charge is -2.16. The lowest BCUT2D eigenvalue weighted by Crippen LogP contribution is -2.25. The zero-order chi connectivity index (χ0) is 18.4. The first-order valence-electron chi connectivity index (χ1n) is 8.71. The standard InChI is InChI=1S/C18H16FN7O/c19-12-3-6-24(9-12)16-2-1-13(7-22-16)26-10-14-15(23-26)11-25(18(14)27)17-8-20-4-5-21-17/h1-2,4-5,7-8,10,12H,3,6,9,11H2/t12-/m0/s1. The quantitative estimate of drug-likeness (QED) is 0.704. The molecule has 1 atom stereocenters. The molecule has 0 spiro atoms. The number of hydrogen-bond acceptors (Lipinski definition) is 6. The molecular weight excluding hydrogens is 349 g/mol. The lowest BCUT2D eigenvalue weighted by molar-refractivity contribution is 0.0995. The molecule has 3 aromatic heterocycles. The van der Waals surface area contributed by atoms with Crippen LogP contribution in [0.3, 0.4) is 0 Å². The van der Waals surface area contributed by atoms with E-state index in [1.807, 2.05) is 17.0 Å². The number of carbonyl (C=O) groups excluding carboxylic acids is 1. The van der Waals surface area contributed by atoms with Crippen molar-refractivity contribution in [3.8, 4) is 5.69 Å². The van der Waals surface area contributed by atoms with E-state index in [1.165, 1.54) is 0 Å². The summed E-state index contributed by atoms with van der Waals surface area (Å²) in [6, 6.07) is 3.73. The number of aromatic nitrogens is 5. The molecule has 5 heterocycles. The van der Waals surface area contributed by atoms with Crippen LogP contribution in [-0.2, 0) is 6.54 Å². The first-order valence-corrected chi connectivity index (χ1v) is 8.71. The van der Waals surface area contributed by atoms with E-state index in [1.54, 1.807) is 40.6 Å². The molecule has 3 aromatic rings. The van der Waals surface area contributed by atoms with E-state index in [9.17, 15) is 9.18 Å². The number of amides is 1. The number of carbonyl (C=O) groups is 1. The van der Waals surface area contributed by atoms with E-state index in [0.29, 0.717) is 43.1 Å². The number of halogens is 1. The summed E-state index contributed by atoms with van der Waals surface area (Å²) >= 11 is 0. The summed E-state index contributed by atoms with van der Waals surface area (Å²) in [4.78, 5) is 28.7. The van der Waals surface area contributed by atoms with Crippen LogP contribution in [0.1, 0.15) is 22.5 Å². The van der Waals surface area contributed by atoms with Gasteiger partial charge >= 0.3 is 0 Å². The smallest absolute Gasteiger partial charge is 0.263 e. The Morgan fingerprint density at radius 3 is 2.70 bits per heavy atom. The maximum absolute atomic E-state index is 13.4. The molecule has 9 heteroatoms. The molecule has 1 fully saturated rings. The van der Waals surface area contributed by atoms with Gasteiger partial charge in [0.15, 0.2) is 5.82 Å². The second kappa shape index (κ2) is 6.11. The highest BCUT2D eigenvalue weighted by Gasteiger charge is 2.33. The molecule has 2 aliphatic heterocycles. The van der Waals surface area contributed by atoms with Crippen LogP contribution in [0.15, 0.2) is 43.1 Å². The molecule has 0 saturated carbocycles. The molecule has 0 bridgehead atoms. The topological polar surface area (TPSA) is 80.0 Å². The van der Waals surface area contributed by atoms with Crippen molar-refractivity contribution in [2.24, 2.45) is 0 Å². The summed E-state index contributed by atoms with van der Waals surface area (Å²) < 4.78 is 15.0. The second-order valence-corrected chi connectivity index (χ2v) is 6.60. The predicted octanol–water partition coefficient (Wildman–Crippen LogP) is 1.77. The van der Waals surface area contributed by atoms with Crippen molar-refractivity contribution in [1.29, 1.82) is 0 Å². The van der Waals surface area contributed by atoms with Gasteiger partial charge in [-0.15, -0.1) is 0 Å². The Bertz CT molecular complexity index is 989. The van der Waals surface area contributed by atoms with Gasteiger partial charge in [0.05, 0.1) is 42.4 Å². The highest BCUT2D eigenvalue weighted by molar-refractivity contribution is 6.09. The van der Waals surface area contributed by atoms with Crippen molar-refractivity contribution in [2.45, 2.75) is 19.1 Å². The van der Waals surface area contributed by atoms with Crippen molar-refractivity contribution < 1.29 is 9.18 Å². The van der Waals surface area contributed by atoms with Gasteiger partial charge in [-0.05, 0) is 18.6 Å². The number of rotatable bonds is 3. The highest BCUT2D eigenvalue weighted by Crippen LogP contribution is 2.27. The third-order valence-corrected chi connectivity index (χ3v) is 4.85. The molecule has 0 radical (unpaired) electrons. The van der Waals surface area contributed by atoms with Gasteiger partial charge < -0.3 is 4.90 Å².